The molecule has 2 rings (SSSR count). The number of nitrogens with zero attached hydrogens (tertiary/aromatic N) is 2. The number of primary amides is 1. The van der Waals surface area contributed by atoms with Crippen molar-refractivity contribution in [1.82, 2.24) is 10.1 Å². The quantitative estimate of drug-likeness (QED) is 0.682. The summed E-state index contributed by atoms with van der Waals surface area (Å²) in [5.41, 5.74) is 12.3. The highest BCUT2D eigenvalue weighted by atomic mass is 16.5. The third kappa shape index (κ3) is 3.21. The molecule has 19 heavy (non-hydrogen) atoms. The molecule has 2 aromatic rings. The number of nitrogens with two attached hydrogens (primary N) is 2. The summed E-state index contributed by atoms with van der Waals surface area (Å²) in [4.78, 5) is 15.2. The van der Waals surface area contributed by atoms with Crippen molar-refractivity contribution >= 4 is 17.3 Å². The number of benzene rings is 1. The van der Waals surface area contributed by atoms with Gasteiger partial charge in [0.15, 0.2) is 5.82 Å². The molecule has 7 nitrogen and oxygen atoms in total. The molecule has 0 saturated heterocycles. The van der Waals surface area contributed by atoms with Gasteiger partial charge in [0.1, 0.15) is 0 Å². The van der Waals surface area contributed by atoms with Crippen LogP contribution in [0.25, 0.3) is 0 Å². The van der Waals surface area contributed by atoms with E-state index in [9.17, 15) is 4.79 Å². The highest BCUT2D eigenvalue weighted by Gasteiger charge is 2.07. The lowest BCUT2D eigenvalue weighted by molar-refractivity contribution is 0.100. The zero-order valence-corrected chi connectivity index (χ0v) is 10.5. The number of hydrogen-bond acceptors (Lipinski definition) is 6. The molecule has 1 aromatic carbocycles. The van der Waals surface area contributed by atoms with Gasteiger partial charge in [0.05, 0.1) is 5.56 Å². The van der Waals surface area contributed by atoms with Crippen molar-refractivity contribution in [3.05, 3.63) is 35.5 Å². The number of rotatable bonds is 5. The summed E-state index contributed by atoms with van der Waals surface area (Å²) in [5.74, 6) is 0.628. The van der Waals surface area contributed by atoms with Gasteiger partial charge in [-0.3, -0.25) is 4.79 Å². The maximum atomic E-state index is 11.2. The second-order valence-electron chi connectivity index (χ2n) is 4.08. The lowest BCUT2D eigenvalue weighted by Gasteiger charge is -2.07. The number of nitrogen functional groups attached to an aromatic ring is 1. The van der Waals surface area contributed by atoms with E-state index >= 15 is 0 Å². The number of carbonyl (C=O) groups is 1. The Balaban J connectivity index is 1.96. The Kier molecular flexibility index (Phi) is 3.65. The van der Waals surface area contributed by atoms with Gasteiger partial charge >= 0.3 is 0 Å². The molecule has 5 N–H and O–H groups in total. The molecule has 0 atom stereocenters. The first-order chi connectivity index (χ1) is 9.06. The van der Waals surface area contributed by atoms with Crippen molar-refractivity contribution in [3.8, 4) is 0 Å². The minimum Gasteiger partial charge on any atom is -0.398 e. The molecule has 0 spiro atoms. The largest absolute Gasteiger partial charge is 0.398 e. The molecule has 0 aliphatic carbocycles. The lowest BCUT2D eigenvalue weighted by atomic mass is 10.1. The Morgan fingerprint density at radius 2 is 2.26 bits per heavy atom. The molecule has 7 heteroatoms. The van der Waals surface area contributed by atoms with Crippen LogP contribution in [-0.4, -0.2) is 22.6 Å². The van der Waals surface area contributed by atoms with Crippen molar-refractivity contribution in [2.24, 2.45) is 5.73 Å². The number of carbonyl (C=O) groups excluding carboxylic acids is 1. The summed E-state index contributed by atoms with van der Waals surface area (Å²) in [7, 11) is 0. The predicted molar refractivity (Wildman–Crippen MR) is 70.6 cm³/mol. The Bertz CT molecular complexity index is 594. The molecule has 0 fully saturated rings. The van der Waals surface area contributed by atoms with Crippen LogP contribution in [0, 0.1) is 6.92 Å². The highest BCUT2D eigenvalue weighted by Crippen LogP contribution is 2.17. The number of anilines is 2. The topological polar surface area (TPSA) is 120 Å². The van der Waals surface area contributed by atoms with Crippen LogP contribution in [0.4, 0.5) is 11.4 Å². The Hall–Kier alpha value is -2.57. The predicted octanol–water partition coefficient (Wildman–Crippen LogP) is 0.714. The molecule has 1 aromatic heterocycles. The van der Waals surface area contributed by atoms with Crippen LogP contribution < -0.4 is 16.8 Å². The van der Waals surface area contributed by atoms with Crippen molar-refractivity contribution in [2.45, 2.75) is 13.3 Å². The summed E-state index contributed by atoms with van der Waals surface area (Å²) in [6.07, 6.45) is 0.594. The van der Waals surface area contributed by atoms with Crippen molar-refractivity contribution in [1.29, 1.82) is 0 Å². The minimum absolute atomic E-state index is 0.304. The first-order valence-corrected chi connectivity index (χ1v) is 5.78. The first kappa shape index (κ1) is 12.9. The van der Waals surface area contributed by atoms with E-state index < -0.39 is 5.91 Å². The molecule has 0 bridgehead atoms. The summed E-state index contributed by atoms with van der Waals surface area (Å²) in [6, 6.07) is 5.04. The molecule has 0 aliphatic heterocycles. The molecule has 0 unspecified atom stereocenters. The second kappa shape index (κ2) is 5.38. The summed E-state index contributed by atoms with van der Waals surface area (Å²) in [6.45, 7) is 2.36. The molecular weight excluding hydrogens is 246 g/mol. The van der Waals surface area contributed by atoms with Gasteiger partial charge in [0.25, 0.3) is 5.91 Å². The van der Waals surface area contributed by atoms with Crippen molar-refractivity contribution < 1.29 is 9.32 Å². The van der Waals surface area contributed by atoms with Crippen LogP contribution in [0.15, 0.2) is 22.7 Å². The summed E-state index contributed by atoms with van der Waals surface area (Å²) >= 11 is 0. The maximum Gasteiger partial charge on any atom is 0.250 e. The summed E-state index contributed by atoms with van der Waals surface area (Å²) < 4.78 is 4.99. The highest BCUT2D eigenvalue weighted by molar-refractivity contribution is 5.98. The fourth-order valence-electron chi connectivity index (χ4n) is 1.63. The molecule has 0 aliphatic rings. The van der Waals surface area contributed by atoms with Crippen LogP contribution >= 0.6 is 0 Å². The number of amides is 1. The van der Waals surface area contributed by atoms with E-state index in [1.165, 1.54) is 0 Å². The van der Waals surface area contributed by atoms with Crippen LogP contribution in [0.5, 0.6) is 0 Å². The first-order valence-electron chi connectivity index (χ1n) is 5.78. The average Bonchev–Trinajstić information content (AvgIpc) is 2.77. The van der Waals surface area contributed by atoms with Gasteiger partial charge in [-0.2, -0.15) is 4.98 Å². The van der Waals surface area contributed by atoms with Gasteiger partial charge in [0, 0.05) is 24.3 Å². The van der Waals surface area contributed by atoms with Crippen LogP contribution in [0.2, 0.25) is 0 Å². The van der Waals surface area contributed by atoms with Crippen LogP contribution in [-0.2, 0) is 6.42 Å². The van der Waals surface area contributed by atoms with E-state index in [0.29, 0.717) is 35.9 Å². The zero-order chi connectivity index (χ0) is 13.8. The smallest absolute Gasteiger partial charge is 0.250 e. The fraction of sp³-hybridized carbons (Fsp3) is 0.250. The van der Waals surface area contributed by atoms with E-state index in [4.69, 9.17) is 16.0 Å². The van der Waals surface area contributed by atoms with Gasteiger partial charge in [-0.05, 0) is 25.1 Å². The number of aryl methyl sites for hydroxylation is 1. The van der Waals surface area contributed by atoms with Gasteiger partial charge in [-0.25, -0.2) is 0 Å². The Morgan fingerprint density at radius 3 is 2.89 bits per heavy atom. The normalized spacial score (nSPS) is 10.4. The molecule has 1 amide bonds. The molecule has 0 saturated carbocycles. The summed E-state index contributed by atoms with van der Waals surface area (Å²) in [5, 5.41) is 6.83. The lowest BCUT2D eigenvalue weighted by Crippen LogP contribution is -2.14. The molecule has 100 valence electrons. The van der Waals surface area contributed by atoms with Crippen LogP contribution in [0.1, 0.15) is 22.1 Å². The third-order valence-corrected chi connectivity index (χ3v) is 2.56. The fourth-order valence-corrected chi connectivity index (χ4v) is 1.63. The number of hydrogen-bond donors (Lipinski definition) is 3. The Morgan fingerprint density at radius 1 is 1.47 bits per heavy atom. The van der Waals surface area contributed by atoms with E-state index in [1.54, 1.807) is 25.1 Å². The van der Waals surface area contributed by atoms with E-state index in [2.05, 4.69) is 15.5 Å². The third-order valence-electron chi connectivity index (χ3n) is 2.56. The molecule has 1 heterocycles. The Labute approximate surface area is 110 Å². The monoisotopic (exact) mass is 261 g/mol. The van der Waals surface area contributed by atoms with Crippen molar-refractivity contribution in [2.75, 3.05) is 17.6 Å². The van der Waals surface area contributed by atoms with E-state index in [1.807, 2.05) is 0 Å². The molecular formula is C12H15N5O2. The number of nitrogens with one attached hydrogen (secondary N) is 1. The second-order valence-corrected chi connectivity index (χ2v) is 4.08. The molecule has 0 radical (unpaired) electrons. The van der Waals surface area contributed by atoms with Gasteiger partial charge in [-0.15, -0.1) is 0 Å². The standard InChI is InChI=1S/C12H15N5O2/c1-7-16-11(19-17-7)4-5-15-8-2-3-10(13)9(6-8)12(14)18/h2-3,6,15H,4-5,13H2,1H3,(H2,14,18). The van der Waals surface area contributed by atoms with E-state index in [-0.39, 0.29) is 0 Å². The van der Waals surface area contributed by atoms with E-state index in [0.717, 1.165) is 5.69 Å². The SMILES string of the molecule is Cc1noc(CCNc2ccc(N)c(C(N)=O)c2)n1. The minimum atomic E-state index is -0.548. The van der Waals surface area contributed by atoms with Gasteiger partial charge in [-0.1, -0.05) is 5.16 Å². The maximum absolute atomic E-state index is 11.2. The van der Waals surface area contributed by atoms with Gasteiger partial charge in [0.2, 0.25) is 5.89 Å². The average molecular weight is 261 g/mol. The van der Waals surface area contributed by atoms with Crippen molar-refractivity contribution in [3.63, 3.8) is 0 Å². The van der Waals surface area contributed by atoms with Crippen LogP contribution in [0.3, 0.4) is 0 Å². The van der Waals surface area contributed by atoms with Gasteiger partial charge < -0.3 is 21.3 Å². The zero-order valence-electron chi connectivity index (χ0n) is 10.5. The number of aromatic nitrogens is 2.